The monoisotopic (exact) mass is 243 g/mol. The number of nitrogens with zero attached hydrogens (tertiary/aromatic N) is 2. The van der Waals surface area contributed by atoms with Crippen LogP contribution >= 0.6 is 22.9 Å². The van der Waals surface area contributed by atoms with Crippen LogP contribution in [0.25, 0.3) is 10.6 Å². The maximum Gasteiger partial charge on any atom is 0.203 e. The molecule has 0 spiro atoms. The van der Waals surface area contributed by atoms with Gasteiger partial charge >= 0.3 is 0 Å². The summed E-state index contributed by atoms with van der Waals surface area (Å²) in [7, 11) is 0. The zero-order valence-corrected chi connectivity index (χ0v) is 9.73. The first kappa shape index (κ1) is 10.6. The molecular weight excluding hydrogens is 234 g/mol. The van der Waals surface area contributed by atoms with Crippen LogP contribution in [0.3, 0.4) is 0 Å². The van der Waals surface area contributed by atoms with E-state index in [-0.39, 0.29) is 0 Å². The van der Waals surface area contributed by atoms with Crippen molar-refractivity contribution >= 4 is 22.9 Å². The molecule has 2 aromatic rings. The highest BCUT2D eigenvalue weighted by Crippen LogP contribution is 2.30. The van der Waals surface area contributed by atoms with Gasteiger partial charge in [0.1, 0.15) is 5.01 Å². The van der Waals surface area contributed by atoms with Crippen molar-refractivity contribution in [3.63, 3.8) is 0 Å². The van der Waals surface area contributed by atoms with E-state index >= 15 is 0 Å². The fourth-order valence-corrected chi connectivity index (χ4v) is 2.20. The molecule has 80 valence electrons. The molecule has 0 saturated carbocycles. The standard InChI is InChI=1S/C9H10ClN3OS/c1-2-11-5-7-12-13-9(15-7)6-3-4-14-8(6)10/h3-4,11H,2,5H2,1H3. The summed E-state index contributed by atoms with van der Waals surface area (Å²) < 4.78 is 5.00. The normalized spacial score (nSPS) is 10.8. The predicted octanol–water partition coefficient (Wildman–Crippen LogP) is 2.56. The molecule has 4 nitrogen and oxygen atoms in total. The largest absolute Gasteiger partial charge is 0.452 e. The van der Waals surface area contributed by atoms with Gasteiger partial charge in [0.2, 0.25) is 5.22 Å². The van der Waals surface area contributed by atoms with Crippen LogP contribution in [-0.2, 0) is 6.54 Å². The van der Waals surface area contributed by atoms with Crippen molar-refractivity contribution in [1.29, 1.82) is 0 Å². The van der Waals surface area contributed by atoms with Crippen molar-refractivity contribution in [2.75, 3.05) is 6.54 Å². The number of rotatable bonds is 4. The minimum Gasteiger partial charge on any atom is -0.452 e. The highest BCUT2D eigenvalue weighted by Gasteiger charge is 2.11. The van der Waals surface area contributed by atoms with Crippen molar-refractivity contribution in [2.24, 2.45) is 0 Å². The fraction of sp³-hybridized carbons (Fsp3) is 0.333. The van der Waals surface area contributed by atoms with Crippen LogP contribution in [0.4, 0.5) is 0 Å². The van der Waals surface area contributed by atoms with E-state index in [1.807, 2.05) is 0 Å². The molecule has 0 aliphatic heterocycles. The molecule has 0 bridgehead atoms. The number of halogens is 1. The third kappa shape index (κ3) is 2.37. The number of furan rings is 1. The van der Waals surface area contributed by atoms with E-state index in [1.165, 1.54) is 11.3 Å². The summed E-state index contributed by atoms with van der Waals surface area (Å²) in [6.07, 6.45) is 1.54. The van der Waals surface area contributed by atoms with Gasteiger partial charge in [-0.15, -0.1) is 10.2 Å². The summed E-state index contributed by atoms with van der Waals surface area (Å²) in [6, 6.07) is 1.79. The minimum atomic E-state index is 0.362. The molecule has 2 heterocycles. The molecule has 0 atom stereocenters. The molecule has 0 fully saturated rings. The summed E-state index contributed by atoms with van der Waals surface area (Å²) in [5, 5.41) is 13.4. The van der Waals surface area contributed by atoms with Gasteiger partial charge in [-0.05, 0) is 24.2 Å². The van der Waals surface area contributed by atoms with Crippen molar-refractivity contribution in [3.8, 4) is 10.6 Å². The van der Waals surface area contributed by atoms with Gasteiger partial charge in [-0.2, -0.15) is 0 Å². The summed E-state index contributed by atoms with van der Waals surface area (Å²) >= 11 is 7.36. The highest BCUT2D eigenvalue weighted by molar-refractivity contribution is 7.14. The lowest BCUT2D eigenvalue weighted by atomic mass is 10.4. The van der Waals surface area contributed by atoms with E-state index in [9.17, 15) is 0 Å². The Morgan fingerprint density at radius 1 is 1.53 bits per heavy atom. The van der Waals surface area contributed by atoms with E-state index in [0.717, 1.165) is 28.7 Å². The first-order valence-corrected chi connectivity index (χ1v) is 5.77. The summed E-state index contributed by atoms with van der Waals surface area (Å²) in [5.74, 6) is 0. The van der Waals surface area contributed by atoms with E-state index in [1.54, 1.807) is 12.3 Å². The van der Waals surface area contributed by atoms with Crippen LogP contribution in [0, 0.1) is 0 Å². The molecule has 0 amide bonds. The van der Waals surface area contributed by atoms with Crippen LogP contribution in [0.2, 0.25) is 5.22 Å². The molecule has 0 aromatic carbocycles. The SMILES string of the molecule is CCNCc1nnc(-c2ccoc2Cl)s1. The van der Waals surface area contributed by atoms with Gasteiger partial charge in [0.15, 0.2) is 5.01 Å². The van der Waals surface area contributed by atoms with Crippen molar-refractivity contribution in [1.82, 2.24) is 15.5 Å². The van der Waals surface area contributed by atoms with E-state index in [4.69, 9.17) is 16.0 Å². The lowest BCUT2D eigenvalue weighted by Crippen LogP contribution is -2.11. The zero-order valence-electron chi connectivity index (χ0n) is 8.16. The Kier molecular flexibility index (Phi) is 3.35. The van der Waals surface area contributed by atoms with Crippen LogP contribution in [0.15, 0.2) is 16.7 Å². The summed E-state index contributed by atoms with van der Waals surface area (Å²) in [5.41, 5.74) is 0.803. The van der Waals surface area contributed by atoms with E-state index < -0.39 is 0 Å². The van der Waals surface area contributed by atoms with Gasteiger partial charge in [0.25, 0.3) is 0 Å². The van der Waals surface area contributed by atoms with Crippen LogP contribution < -0.4 is 5.32 Å². The molecule has 6 heteroatoms. The Hall–Kier alpha value is -0.910. The average molecular weight is 244 g/mol. The Bertz CT molecular complexity index is 440. The summed E-state index contributed by atoms with van der Waals surface area (Å²) in [4.78, 5) is 0. The molecule has 15 heavy (non-hydrogen) atoms. The molecule has 2 rings (SSSR count). The molecule has 1 N–H and O–H groups in total. The number of hydrogen-bond acceptors (Lipinski definition) is 5. The Morgan fingerprint density at radius 3 is 3.07 bits per heavy atom. The van der Waals surface area contributed by atoms with Crippen LogP contribution in [0.1, 0.15) is 11.9 Å². The first-order valence-electron chi connectivity index (χ1n) is 4.57. The second-order valence-corrected chi connectivity index (χ2v) is 4.29. The lowest BCUT2D eigenvalue weighted by molar-refractivity contribution is 0.570. The maximum absolute atomic E-state index is 5.84. The smallest absolute Gasteiger partial charge is 0.203 e. The fourth-order valence-electron chi connectivity index (χ4n) is 1.11. The van der Waals surface area contributed by atoms with Gasteiger partial charge in [-0.3, -0.25) is 0 Å². The Labute approximate surface area is 96.3 Å². The molecule has 2 aromatic heterocycles. The second-order valence-electron chi connectivity index (χ2n) is 2.89. The zero-order chi connectivity index (χ0) is 10.7. The Balaban J connectivity index is 2.17. The van der Waals surface area contributed by atoms with Crippen molar-refractivity contribution < 1.29 is 4.42 Å². The van der Waals surface area contributed by atoms with Gasteiger partial charge in [-0.1, -0.05) is 18.3 Å². The third-order valence-electron chi connectivity index (χ3n) is 1.84. The highest BCUT2D eigenvalue weighted by atomic mass is 35.5. The van der Waals surface area contributed by atoms with Gasteiger partial charge in [-0.25, -0.2) is 0 Å². The van der Waals surface area contributed by atoms with Crippen molar-refractivity contribution in [2.45, 2.75) is 13.5 Å². The van der Waals surface area contributed by atoms with Gasteiger partial charge < -0.3 is 9.73 Å². The Morgan fingerprint density at radius 2 is 2.40 bits per heavy atom. The van der Waals surface area contributed by atoms with Gasteiger partial charge in [0, 0.05) is 6.54 Å². The van der Waals surface area contributed by atoms with E-state index in [2.05, 4.69) is 22.4 Å². The van der Waals surface area contributed by atoms with Gasteiger partial charge in [0.05, 0.1) is 11.8 Å². The quantitative estimate of drug-likeness (QED) is 0.897. The average Bonchev–Trinajstić information content (AvgIpc) is 2.83. The predicted molar refractivity (Wildman–Crippen MR) is 60.0 cm³/mol. The molecular formula is C9H10ClN3OS. The molecule has 0 radical (unpaired) electrons. The van der Waals surface area contributed by atoms with Crippen LogP contribution in [0.5, 0.6) is 0 Å². The van der Waals surface area contributed by atoms with E-state index in [0.29, 0.717) is 5.22 Å². The maximum atomic E-state index is 5.84. The number of aromatic nitrogens is 2. The molecule has 0 saturated heterocycles. The third-order valence-corrected chi connectivity index (χ3v) is 3.09. The minimum absolute atomic E-state index is 0.362. The van der Waals surface area contributed by atoms with Crippen molar-refractivity contribution in [3.05, 3.63) is 22.6 Å². The van der Waals surface area contributed by atoms with Crippen LogP contribution in [-0.4, -0.2) is 16.7 Å². The lowest BCUT2D eigenvalue weighted by Gasteiger charge is -1.93. The number of hydrogen-bond donors (Lipinski definition) is 1. The molecule has 0 unspecified atom stereocenters. The molecule has 0 aliphatic carbocycles. The summed E-state index contributed by atoms with van der Waals surface area (Å²) in [6.45, 7) is 3.71. The topological polar surface area (TPSA) is 51.0 Å². The molecule has 0 aliphatic rings. The second kappa shape index (κ2) is 4.74. The first-order chi connectivity index (χ1) is 7.31. The number of nitrogens with one attached hydrogen (secondary N) is 1.